The molecule has 2 aromatic carbocycles. The van der Waals surface area contributed by atoms with E-state index in [1.54, 1.807) is 7.11 Å². The lowest BCUT2D eigenvalue weighted by atomic mass is 9.94. The molecule has 1 unspecified atom stereocenters. The Labute approximate surface area is 117 Å². The number of ether oxygens (including phenoxy) is 1. The average molecular weight is 272 g/mol. The van der Waals surface area contributed by atoms with Gasteiger partial charge in [0.25, 0.3) is 0 Å². The summed E-state index contributed by atoms with van der Waals surface area (Å²) in [5.74, 6) is 0.843. The van der Waals surface area contributed by atoms with Crippen LogP contribution < -0.4 is 10.1 Å². The third-order valence-corrected chi connectivity index (χ3v) is 3.44. The van der Waals surface area contributed by atoms with Crippen molar-refractivity contribution >= 4 is 22.9 Å². The molecule has 0 aromatic heterocycles. The minimum absolute atomic E-state index is 0.198. The van der Waals surface area contributed by atoms with Crippen LogP contribution >= 0.6 is 11.6 Å². The van der Waals surface area contributed by atoms with Gasteiger partial charge in [0.05, 0.1) is 7.11 Å². The molecule has 0 fully saturated rings. The van der Waals surface area contributed by atoms with Crippen molar-refractivity contribution in [3.05, 3.63) is 65.7 Å². The molecule has 0 saturated carbocycles. The first-order valence-electron chi connectivity index (χ1n) is 6.14. The molecule has 0 aliphatic carbocycles. The van der Waals surface area contributed by atoms with Gasteiger partial charge in [0, 0.05) is 11.3 Å². The first-order valence-corrected chi connectivity index (χ1v) is 6.58. The van der Waals surface area contributed by atoms with Gasteiger partial charge in [0.15, 0.2) is 0 Å². The second kappa shape index (κ2) is 4.98. The van der Waals surface area contributed by atoms with Crippen LogP contribution in [0.4, 0.5) is 5.69 Å². The number of halogens is 1. The lowest BCUT2D eigenvalue weighted by molar-refractivity contribution is 0.414. The van der Waals surface area contributed by atoms with Gasteiger partial charge in [-0.3, -0.25) is 0 Å². The molecular weight excluding hydrogens is 258 g/mol. The molecule has 1 N–H and O–H groups in total. The molecule has 1 aliphatic heterocycles. The van der Waals surface area contributed by atoms with Crippen LogP contribution in [0.1, 0.15) is 11.1 Å². The quantitative estimate of drug-likeness (QED) is 0.655. The van der Waals surface area contributed by atoms with E-state index in [-0.39, 0.29) is 5.50 Å². The van der Waals surface area contributed by atoms with Crippen molar-refractivity contribution in [2.24, 2.45) is 0 Å². The Bertz CT molecular complexity index is 622. The first kappa shape index (κ1) is 12.1. The molecule has 0 bridgehead atoms. The number of nitrogens with one attached hydrogen (secondary N) is 1. The highest BCUT2D eigenvalue weighted by Gasteiger charge is 2.18. The molecule has 2 aromatic rings. The van der Waals surface area contributed by atoms with E-state index in [9.17, 15) is 0 Å². The SMILES string of the molecule is COc1ccc2c(c1)C(c1ccccc1)=CC(Cl)N2. The average Bonchev–Trinajstić information content (AvgIpc) is 2.47. The number of alkyl halides is 1. The Morgan fingerprint density at radius 3 is 2.63 bits per heavy atom. The monoisotopic (exact) mass is 271 g/mol. The zero-order valence-corrected chi connectivity index (χ0v) is 11.3. The van der Waals surface area contributed by atoms with Crippen LogP contribution in [0.15, 0.2) is 54.6 Å². The molecule has 96 valence electrons. The van der Waals surface area contributed by atoms with Gasteiger partial charge < -0.3 is 10.1 Å². The zero-order chi connectivity index (χ0) is 13.2. The minimum Gasteiger partial charge on any atom is -0.497 e. The van der Waals surface area contributed by atoms with Crippen LogP contribution in [-0.2, 0) is 0 Å². The highest BCUT2D eigenvalue weighted by molar-refractivity contribution is 6.24. The fourth-order valence-electron chi connectivity index (χ4n) is 2.29. The maximum atomic E-state index is 6.24. The van der Waals surface area contributed by atoms with Crippen molar-refractivity contribution < 1.29 is 4.74 Å². The van der Waals surface area contributed by atoms with Crippen molar-refractivity contribution in [3.63, 3.8) is 0 Å². The fourth-order valence-corrected chi connectivity index (χ4v) is 2.54. The van der Waals surface area contributed by atoms with Gasteiger partial charge in [0.1, 0.15) is 11.3 Å². The molecule has 0 spiro atoms. The van der Waals surface area contributed by atoms with Crippen molar-refractivity contribution in [1.29, 1.82) is 0 Å². The summed E-state index contributed by atoms with van der Waals surface area (Å²) in [6, 6.07) is 16.2. The maximum Gasteiger partial charge on any atom is 0.121 e. The van der Waals surface area contributed by atoms with Gasteiger partial charge in [0.2, 0.25) is 0 Å². The molecule has 1 aliphatic rings. The zero-order valence-electron chi connectivity index (χ0n) is 10.6. The van der Waals surface area contributed by atoms with Gasteiger partial charge in [-0.2, -0.15) is 0 Å². The van der Waals surface area contributed by atoms with Crippen LogP contribution in [0, 0.1) is 0 Å². The van der Waals surface area contributed by atoms with Crippen LogP contribution in [0.25, 0.3) is 5.57 Å². The topological polar surface area (TPSA) is 21.3 Å². The summed E-state index contributed by atoms with van der Waals surface area (Å²) >= 11 is 6.24. The summed E-state index contributed by atoms with van der Waals surface area (Å²) in [7, 11) is 1.67. The van der Waals surface area contributed by atoms with Gasteiger partial charge in [-0.15, -0.1) is 0 Å². The molecule has 1 atom stereocenters. The summed E-state index contributed by atoms with van der Waals surface area (Å²) in [6.07, 6.45) is 2.03. The Kier molecular flexibility index (Phi) is 3.18. The smallest absolute Gasteiger partial charge is 0.121 e. The van der Waals surface area contributed by atoms with E-state index < -0.39 is 0 Å². The van der Waals surface area contributed by atoms with Crippen LogP contribution in [-0.4, -0.2) is 12.6 Å². The molecule has 3 rings (SSSR count). The molecule has 19 heavy (non-hydrogen) atoms. The maximum absolute atomic E-state index is 6.24. The number of anilines is 1. The van der Waals surface area contributed by atoms with Crippen LogP contribution in [0.5, 0.6) is 5.75 Å². The Morgan fingerprint density at radius 1 is 1.11 bits per heavy atom. The normalized spacial score (nSPS) is 17.2. The summed E-state index contributed by atoms with van der Waals surface area (Å²) in [4.78, 5) is 0. The minimum atomic E-state index is -0.198. The van der Waals surface area contributed by atoms with Crippen LogP contribution in [0.3, 0.4) is 0 Å². The molecule has 1 heterocycles. The van der Waals surface area contributed by atoms with E-state index in [0.29, 0.717) is 0 Å². The molecule has 2 nitrogen and oxygen atoms in total. The molecular formula is C16H14ClNO. The third-order valence-electron chi connectivity index (χ3n) is 3.21. The second-order valence-corrected chi connectivity index (χ2v) is 4.87. The number of hydrogen-bond donors (Lipinski definition) is 1. The third kappa shape index (κ3) is 2.32. The van der Waals surface area contributed by atoms with Gasteiger partial charge in [-0.25, -0.2) is 0 Å². The summed E-state index contributed by atoms with van der Waals surface area (Å²) in [5.41, 5.74) is 4.23. The molecule has 0 radical (unpaired) electrons. The standard InChI is InChI=1S/C16H14ClNO/c1-19-12-7-8-15-14(9-12)13(10-16(17)18-15)11-5-3-2-4-6-11/h2-10,16,18H,1H3. The summed E-state index contributed by atoms with van der Waals surface area (Å²) in [5, 5.41) is 3.24. The van der Waals surface area contributed by atoms with Gasteiger partial charge in [-0.05, 0) is 35.4 Å². The van der Waals surface area contributed by atoms with E-state index in [1.807, 2.05) is 42.5 Å². The van der Waals surface area contributed by atoms with E-state index in [2.05, 4.69) is 17.4 Å². The number of fused-ring (bicyclic) bond motifs is 1. The van der Waals surface area contributed by atoms with E-state index in [4.69, 9.17) is 16.3 Å². The number of hydrogen-bond acceptors (Lipinski definition) is 2. The Hall–Kier alpha value is -1.93. The number of methoxy groups -OCH3 is 1. The van der Waals surface area contributed by atoms with Crippen molar-refractivity contribution in [3.8, 4) is 5.75 Å². The predicted molar refractivity (Wildman–Crippen MR) is 79.8 cm³/mol. The van der Waals surface area contributed by atoms with E-state index in [0.717, 1.165) is 28.1 Å². The van der Waals surface area contributed by atoms with Gasteiger partial charge >= 0.3 is 0 Å². The Morgan fingerprint density at radius 2 is 1.89 bits per heavy atom. The largest absolute Gasteiger partial charge is 0.497 e. The van der Waals surface area contributed by atoms with Crippen molar-refractivity contribution in [1.82, 2.24) is 0 Å². The van der Waals surface area contributed by atoms with Crippen LogP contribution in [0.2, 0.25) is 0 Å². The summed E-state index contributed by atoms with van der Waals surface area (Å²) in [6.45, 7) is 0. The molecule has 3 heteroatoms. The fraction of sp³-hybridized carbons (Fsp3) is 0.125. The first-order chi connectivity index (χ1) is 9.28. The lowest BCUT2D eigenvalue weighted by Gasteiger charge is -2.23. The Balaban J connectivity index is 2.15. The van der Waals surface area contributed by atoms with Crippen molar-refractivity contribution in [2.45, 2.75) is 5.50 Å². The second-order valence-electron chi connectivity index (χ2n) is 4.40. The lowest BCUT2D eigenvalue weighted by Crippen LogP contribution is -2.16. The van der Waals surface area contributed by atoms with E-state index >= 15 is 0 Å². The highest BCUT2D eigenvalue weighted by Crippen LogP contribution is 2.36. The molecule has 0 amide bonds. The van der Waals surface area contributed by atoms with E-state index in [1.165, 1.54) is 0 Å². The molecule has 0 saturated heterocycles. The number of benzene rings is 2. The predicted octanol–water partition coefficient (Wildman–Crippen LogP) is 4.12. The van der Waals surface area contributed by atoms with Gasteiger partial charge in [-0.1, -0.05) is 41.9 Å². The number of rotatable bonds is 2. The summed E-state index contributed by atoms with van der Waals surface area (Å²) < 4.78 is 5.30. The van der Waals surface area contributed by atoms with Crippen molar-refractivity contribution in [2.75, 3.05) is 12.4 Å². The highest BCUT2D eigenvalue weighted by atomic mass is 35.5.